The fraction of sp³-hybridized carbons (Fsp3) is 0.765. The lowest BCUT2D eigenvalue weighted by molar-refractivity contribution is -0.303. The van der Waals surface area contributed by atoms with Crippen molar-refractivity contribution in [3.8, 4) is 0 Å². The molecule has 1 saturated heterocycles. The number of hydrogen-bond acceptors (Lipinski definition) is 5. The van der Waals surface area contributed by atoms with E-state index in [2.05, 4.69) is 10.6 Å². The zero-order valence-electron chi connectivity index (χ0n) is 15.1. The van der Waals surface area contributed by atoms with Gasteiger partial charge in [-0.25, -0.2) is 0 Å². The molecule has 138 valence electrons. The third kappa shape index (κ3) is 6.98. The van der Waals surface area contributed by atoms with Gasteiger partial charge in [-0.15, -0.1) is 0 Å². The highest BCUT2D eigenvalue weighted by molar-refractivity contribution is 5.89. The van der Waals surface area contributed by atoms with E-state index >= 15 is 0 Å². The van der Waals surface area contributed by atoms with Gasteiger partial charge in [-0.3, -0.25) is 9.59 Å². The van der Waals surface area contributed by atoms with Crippen molar-refractivity contribution in [3.63, 3.8) is 0 Å². The molecular formula is C17H30N2O5. The van der Waals surface area contributed by atoms with Gasteiger partial charge < -0.3 is 25.2 Å². The molecule has 1 aliphatic heterocycles. The maximum atomic E-state index is 12.3. The van der Waals surface area contributed by atoms with Crippen molar-refractivity contribution in [2.45, 2.75) is 58.8 Å². The summed E-state index contributed by atoms with van der Waals surface area (Å²) in [6.07, 6.45) is 4.36. The normalized spacial score (nSPS) is 22.3. The number of nitrogens with one attached hydrogen (secondary N) is 2. The van der Waals surface area contributed by atoms with Crippen LogP contribution in [-0.2, 0) is 19.1 Å². The van der Waals surface area contributed by atoms with Gasteiger partial charge in [0.05, 0.1) is 6.61 Å². The van der Waals surface area contributed by atoms with Crippen LogP contribution in [0, 0.1) is 5.41 Å². The molecule has 0 aromatic rings. The van der Waals surface area contributed by atoms with Crippen LogP contribution in [0.15, 0.2) is 12.3 Å². The van der Waals surface area contributed by atoms with Gasteiger partial charge in [-0.2, -0.15) is 0 Å². The van der Waals surface area contributed by atoms with Crippen molar-refractivity contribution in [2.24, 2.45) is 5.41 Å². The highest BCUT2D eigenvalue weighted by Gasteiger charge is 2.45. The van der Waals surface area contributed by atoms with Gasteiger partial charge in [0.15, 0.2) is 5.79 Å². The van der Waals surface area contributed by atoms with E-state index in [4.69, 9.17) is 14.6 Å². The molecule has 1 aliphatic rings. The van der Waals surface area contributed by atoms with Gasteiger partial charge in [-0.05, 0) is 33.1 Å². The number of carbonyl (C=O) groups excluding carboxylic acids is 2. The molecule has 1 rings (SSSR count). The molecule has 7 nitrogen and oxygen atoms in total. The van der Waals surface area contributed by atoms with Crippen molar-refractivity contribution in [1.82, 2.24) is 10.6 Å². The Morgan fingerprint density at radius 1 is 1.21 bits per heavy atom. The molecule has 0 aromatic carbocycles. The van der Waals surface area contributed by atoms with Crippen LogP contribution in [0.25, 0.3) is 0 Å². The minimum absolute atomic E-state index is 0.168. The molecule has 3 N–H and O–H groups in total. The Balaban J connectivity index is 2.39. The van der Waals surface area contributed by atoms with Gasteiger partial charge in [0.1, 0.15) is 6.10 Å². The first-order chi connectivity index (χ1) is 11.2. The van der Waals surface area contributed by atoms with Crippen molar-refractivity contribution in [3.05, 3.63) is 12.3 Å². The maximum absolute atomic E-state index is 12.3. The summed E-state index contributed by atoms with van der Waals surface area (Å²) in [5.74, 6) is -1.39. The lowest BCUT2D eigenvalue weighted by Gasteiger charge is -2.44. The molecule has 1 atom stereocenters. The van der Waals surface area contributed by atoms with E-state index in [1.165, 1.54) is 12.3 Å². The second-order valence-electron chi connectivity index (χ2n) is 7.09. The van der Waals surface area contributed by atoms with E-state index in [0.29, 0.717) is 13.2 Å². The number of aliphatic hydroxyl groups is 1. The van der Waals surface area contributed by atoms with E-state index in [1.807, 2.05) is 13.8 Å². The molecule has 0 aromatic heterocycles. The zero-order chi connectivity index (χ0) is 18.2. The maximum Gasteiger partial charge on any atom is 0.253 e. The first kappa shape index (κ1) is 20.6. The third-order valence-corrected chi connectivity index (χ3v) is 3.74. The number of carbonyl (C=O) groups is 2. The summed E-state index contributed by atoms with van der Waals surface area (Å²) in [5.41, 5.74) is -0.456. The summed E-state index contributed by atoms with van der Waals surface area (Å²) in [6, 6.07) is 0. The SMILES string of the molecule is CC1(C)OCC(C)(C)C(C(=O)N/C=C/C(=O)NCCCCCO)O1. The molecule has 2 amide bonds. The van der Waals surface area contributed by atoms with Crippen molar-refractivity contribution in [2.75, 3.05) is 19.8 Å². The molecule has 0 saturated carbocycles. The fourth-order valence-electron chi connectivity index (χ4n) is 2.28. The molecule has 0 bridgehead atoms. The Morgan fingerprint density at radius 3 is 2.58 bits per heavy atom. The lowest BCUT2D eigenvalue weighted by Crippen LogP contribution is -2.55. The summed E-state index contributed by atoms with van der Waals surface area (Å²) in [5, 5.41) is 14.0. The predicted molar refractivity (Wildman–Crippen MR) is 89.9 cm³/mol. The molecule has 1 fully saturated rings. The van der Waals surface area contributed by atoms with Crippen LogP contribution in [0.2, 0.25) is 0 Å². The van der Waals surface area contributed by atoms with Gasteiger partial charge in [0.2, 0.25) is 5.91 Å². The summed E-state index contributed by atoms with van der Waals surface area (Å²) in [6.45, 7) is 8.45. The van der Waals surface area contributed by atoms with Crippen molar-refractivity contribution >= 4 is 11.8 Å². The highest BCUT2D eigenvalue weighted by Crippen LogP contribution is 2.34. The number of unbranched alkanes of at least 4 members (excludes halogenated alkanes) is 2. The Morgan fingerprint density at radius 2 is 1.92 bits per heavy atom. The molecule has 1 unspecified atom stereocenters. The number of ether oxygens (including phenoxy) is 2. The average molecular weight is 342 g/mol. The largest absolute Gasteiger partial charge is 0.396 e. The topological polar surface area (TPSA) is 96.9 Å². The van der Waals surface area contributed by atoms with Crippen LogP contribution < -0.4 is 10.6 Å². The van der Waals surface area contributed by atoms with Crippen LogP contribution >= 0.6 is 0 Å². The number of aliphatic hydroxyl groups excluding tert-OH is 1. The molecular weight excluding hydrogens is 312 g/mol. The van der Waals surface area contributed by atoms with E-state index in [0.717, 1.165) is 19.3 Å². The highest BCUT2D eigenvalue weighted by atomic mass is 16.7. The first-order valence-corrected chi connectivity index (χ1v) is 8.35. The first-order valence-electron chi connectivity index (χ1n) is 8.35. The van der Waals surface area contributed by atoms with Gasteiger partial charge in [0, 0.05) is 30.8 Å². The van der Waals surface area contributed by atoms with Crippen LogP contribution in [0.4, 0.5) is 0 Å². The lowest BCUT2D eigenvalue weighted by atomic mass is 9.85. The molecule has 24 heavy (non-hydrogen) atoms. The number of amides is 2. The number of hydrogen-bond donors (Lipinski definition) is 3. The Kier molecular flexibility index (Phi) is 7.86. The molecule has 1 heterocycles. The Bertz CT molecular complexity index is 460. The quantitative estimate of drug-likeness (QED) is 0.453. The monoisotopic (exact) mass is 342 g/mol. The van der Waals surface area contributed by atoms with E-state index in [-0.39, 0.29) is 18.4 Å². The second kappa shape index (κ2) is 9.15. The third-order valence-electron chi connectivity index (χ3n) is 3.74. The van der Waals surface area contributed by atoms with E-state index in [9.17, 15) is 9.59 Å². The second-order valence-corrected chi connectivity index (χ2v) is 7.09. The Hall–Kier alpha value is -1.44. The van der Waals surface area contributed by atoms with Gasteiger partial charge in [0.25, 0.3) is 5.91 Å². The van der Waals surface area contributed by atoms with Crippen LogP contribution in [0.1, 0.15) is 47.0 Å². The fourth-order valence-corrected chi connectivity index (χ4v) is 2.28. The van der Waals surface area contributed by atoms with E-state index < -0.39 is 17.3 Å². The minimum atomic E-state index is -0.812. The van der Waals surface area contributed by atoms with Crippen LogP contribution in [-0.4, -0.2) is 48.6 Å². The molecule has 0 radical (unpaired) electrons. The van der Waals surface area contributed by atoms with Crippen LogP contribution in [0.5, 0.6) is 0 Å². The van der Waals surface area contributed by atoms with Crippen molar-refractivity contribution in [1.29, 1.82) is 0 Å². The molecule has 7 heteroatoms. The van der Waals surface area contributed by atoms with Gasteiger partial charge in [-0.1, -0.05) is 13.8 Å². The summed E-state index contributed by atoms with van der Waals surface area (Å²) < 4.78 is 11.3. The Labute approximate surface area is 143 Å². The molecule has 0 spiro atoms. The predicted octanol–water partition coefficient (Wildman–Crippen LogP) is 1.07. The summed E-state index contributed by atoms with van der Waals surface area (Å²) >= 11 is 0. The molecule has 0 aliphatic carbocycles. The van der Waals surface area contributed by atoms with E-state index in [1.54, 1.807) is 13.8 Å². The average Bonchev–Trinajstić information content (AvgIpc) is 2.50. The smallest absolute Gasteiger partial charge is 0.253 e. The summed E-state index contributed by atoms with van der Waals surface area (Å²) in [7, 11) is 0. The number of rotatable bonds is 8. The summed E-state index contributed by atoms with van der Waals surface area (Å²) in [4.78, 5) is 23.9. The van der Waals surface area contributed by atoms with Crippen LogP contribution in [0.3, 0.4) is 0 Å². The standard InChI is InChI=1S/C17H30N2O5/c1-16(2)12-23-17(3,4)24-14(16)15(22)19-10-8-13(21)18-9-6-5-7-11-20/h8,10,14,20H,5-7,9,11-12H2,1-4H3,(H,18,21)(H,19,22)/b10-8+. The minimum Gasteiger partial charge on any atom is -0.396 e. The van der Waals surface area contributed by atoms with Gasteiger partial charge >= 0.3 is 0 Å². The zero-order valence-corrected chi connectivity index (χ0v) is 15.1. The van der Waals surface area contributed by atoms with Crippen molar-refractivity contribution < 1.29 is 24.2 Å².